The summed E-state index contributed by atoms with van der Waals surface area (Å²) in [6.07, 6.45) is 1.25. The maximum atomic E-state index is 12.0. The van der Waals surface area contributed by atoms with Crippen molar-refractivity contribution in [2.24, 2.45) is 5.10 Å². The Bertz CT molecular complexity index is 813. The summed E-state index contributed by atoms with van der Waals surface area (Å²) in [5.41, 5.74) is 4.03. The van der Waals surface area contributed by atoms with Crippen molar-refractivity contribution in [2.45, 2.75) is 6.92 Å². The number of carbonyl (C=O) groups excluding carboxylic acids is 1. The van der Waals surface area contributed by atoms with Gasteiger partial charge in [0.25, 0.3) is 5.91 Å². The third kappa shape index (κ3) is 4.14. The van der Waals surface area contributed by atoms with Crippen LogP contribution in [0.25, 0.3) is 0 Å². The SMILES string of the molecule is COc1ccc(C=NNC(=O)c2ccc(C)cc2)c(C(=O)O)c1OC. The van der Waals surface area contributed by atoms with Gasteiger partial charge in [0, 0.05) is 11.1 Å². The Balaban J connectivity index is 2.24. The molecule has 0 spiro atoms. The van der Waals surface area contributed by atoms with Crippen LogP contribution < -0.4 is 14.9 Å². The minimum Gasteiger partial charge on any atom is -0.493 e. The van der Waals surface area contributed by atoms with Crippen molar-refractivity contribution in [3.63, 3.8) is 0 Å². The molecule has 1 amide bonds. The standard InChI is InChI=1S/C18H18N2O5/c1-11-4-6-12(7-5-11)17(21)20-19-10-13-8-9-14(24-2)16(25-3)15(13)18(22)23/h4-10H,1-3H3,(H,20,21)(H,22,23). The van der Waals surface area contributed by atoms with E-state index in [2.05, 4.69) is 10.5 Å². The number of carbonyl (C=O) groups is 2. The van der Waals surface area contributed by atoms with Gasteiger partial charge in [-0.15, -0.1) is 0 Å². The minimum atomic E-state index is -1.19. The van der Waals surface area contributed by atoms with E-state index in [0.29, 0.717) is 11.3 Å². The van der Waals surface area contributed by atoms with Crippen LogP contribution in [0.5, 0.6) is 11.5 Å². The molecule has 2 rings (SSSR count). The molecule has 0 aromatic heterocycles. The van der Waals surface area contributed by atoms with Crippen LogP contribution in [0, 0.1) is 6.92 Å². The summed E-state index contributed by atoms with van der Waals surface area (Å²) in [6.45, 7) is 1.92. The second kappa shape index (κ2) is 7.96. The van der Waals surface area contributed by atoms with Crippen LogP contribution in [-0.2, 0) is 0 Å². The molecule has 0 saturated heterocycles. The lowest BCUT2D eigenvalue weighted by atomic mass is 10.1. The first-order valence-corrected chi connectivity index (χ1v) is 7.36. The number of benzene rings is 2. The molecule has 0 bridgehead atoms. The highest BCUT2D eigenvalue weighted by atomic mass is 16.5. The fraction of sp³-hybridized carbons (Fsp3) is 0.167. The molecule has 0 aliphatic heterocycles. The van der Waals surface area contributed by atoms with Gasteiger partial charge in [0.15, 0.2) is 11.5 Å². The van der Waals surface area contributed by atoms with Crippen LogP contribution in [-0.4, -0.2) is 37.4 Å². The molecular weight excluding hydrogens is 324 g/mol. The highest BCUT2D eigenvalue weighted by molar-refractivity contribution is 6.02. The lowest BCUT2D eigenvalue weighted by molar-refractivity contribution is 0.0692. The summed E-state index contributed by atoms with van der Waals surface area (Å²) < 4.78 is 10.2. The zero-order valence-corrected chi connectivity index (χ0v) is 14.1. The first-order valence-electron chi connectivity index (χ1n) is 7.36. The van der Waals surface area contributed by atoms with E-state index in [4.69, 9.17) is 9.47 Å². The number of hydrogen-bond donors (Lipinski definition) is 2. The molecule has 2 aromatic carbocycles. The van der Waals surface area contributed by atoms with Crippen molar-refractivity contribution >= 4 is 18.1 Å². The zero-order valence-electron chi connectivity index (χ0n) is 14.1. The molecule has 0 atom stereocenters. The first kappa shape index (κ1) is 18.0. The number of aryl methyl sites for hydroxylation is 1. The fourth-order valence-electron chi connectivity index (χ4n) is 2.20. The van der Waals surface area contributed by atoms with Gasteiger partial charge in [-0.1, -0.05) is 17.7 Å². The number of nitrogens with one attached hydrogen (secondary N) is 1. The Hall–Kier alpha value is -3.35. The van der Waals surface area contributed by atoms with E-state index in [0.717, 1.165) is 5.56 Å². The zero-order chi connectivity index (χ0) is 18.4. The third-order valence-corrected chi connectivity index (χ3v) is 3.48. The van der Waals surface area contributed by atoms with Crippen molar-refractivity contribution < 1.29 is 24.2 Å². The highest BCUT2D eigenvalue weighted by Crippen LogP contribution is 2.32. The van der Waals surface area contributed by atoms with Crippen molar-refractivity contribution in [2.75, 3.05) is 14.2 Å². The predicted molar refractivity (Wildman–Crippen MR) is 92.7 cm³/mol. The Morgan fingerprint density at radius 3 is 2.32 bits per heavy atom. The maximum absolute atomic E-state index is 12.0. The molecule has 0 saturated carbocycles. The van der Waals surface area contributed by atoms with Crippen LogP contribution in [0.2, 0.25) is 0 Å². The second-order valence-corrected chi connectivity index (χ2v) is 5.14. The Labute approximate surface area is 144 Å². The van der Waals surface area contributed by atoms with Crippen LogP contribution in [0.3, 0.4) is 0 Å². The van der Waals surface area contributed by atoms with E-state index in [1.165, 1.54) is 26.5 Å². The van der Waals surface area contributed by atoms with Gasteiger partial charge in [0.05, 0.1) is 20.4 Å². The quantitative estimate of drug-likeness (QED) is 0.621. The number of hydrazone groups is 1. The summed E-state index contributed by atoms with van der Waals surface area (Å²) in [6, 6.07) is 10.1. The molecule has 2 aromatic rings. The number of carboxylic acid groups (broad SMARTS) is 1. The average molecular weight is 342 g/mol. The molecular formula is C18H18N2O5. The van der Waals surface area contributed by atoms with Crippen molar-refractivity contribution in [3.05, 3.63) is 58.7 Å². The highest BCUT2D eigenvalue weighted by Gasteiger charge is 2.20. The topological polar surface area (TPSA) is 97.2 Å². The van der Waals surface area contributed by atoms with Gasteiger partial charge in [-0.3, -0.25) is 4.79 Å². The molecule has 0 aliphatic carbocycles. The number of methoxy groups -OCH3 is 2. The summed E-state index contributed by atoms with van der Waals surface area (Å²) in [7, 11) is 2.77. The number of carboxylic acids is 1. The minimum absolute atomic E-state index is 0.0869. The van der Waals surface area contributed by atoms with E-state index in [1.54, 1.807) is 18.2 Å². The number of rotatable bonds is 6. The predicted octanol–water partition coefficient (Wildman–Crippen LogP) is 2.47. The molecule has 7 nitrogen and oxygen atoms in total. The lowest BCUT2D eigenvalue weighted by Gasteiger charge is -2.12. The van der Waals surface area contributed by atoms with Gasteiger partial charge < -0.3 is 14.6 Å². The molecule has 2 N–H and O–H groups in total. The van der Waals surface area contributed by atoms with Crippen LogP contribution in [0.15, 0.2) is 41.5 Å². The summed E-state index contributed by atoms with van der Waals surface area (Å²) in [4.78, 5) is 23.5. The first-order chi connectivity index (χ1) is 12.0. The molecule has 0 fully saturated rings. The van der Waals surface area contributed by atoms with Crippen LogP contribution >= 0.6 is 0 Å². The summed E-state index contributed by atoms with van der Waals surface area (Å²) in [5, 5.41) is 13.3. The maximum Gasteiger partial charge on any atom is 0.340 e. The van der Waals surface area contributed by atoms with Crippen molar-refractivity contribution in [1.29, 1.82) is 0 Å². The monoisotopic (exact) mass is 342 g/mol. The molecule has 7 heteroatoms. The van der Waals surface area contributed by atoms with Crippen molar-refractivity contribution in [3.8, 4) is 11.5 Å². The largest absolute Gasteiger partial charge is 0.493 e. The van der Waals surface area contributed by atoms with E-state index in [9.17, 15) is 14.7 Å². The smallest absolute Gasteiger partial charge is 0.340 e. The second-order valence-electron chi connectivity index (χ2n) is 5.14. The van der Waals surface area contributed by atoms with Gasteiger partial charge in [-0.25, -0.2) is 10.2 Å². The molecule has 0 radical (unpaired) electrons. The Morgan fingerprint density at radius 2 is 1.76 bits per heavy atom. The van der Waals surface area contributed by atoms with Crippen molar-refractivity contribution in [1.82, 2.24) is 5.43 Å². The van der Waals surface area contributed by atoms with Gasteiger partial charge in [-0.05, 0) is 31.2 Å². The fourth-order valence-corrected chi connectivity index (χ4v) is 2.20. The van der Waals surface area contributed by atoms with E-state index >= 15 is 0 Å². The number of nitrogens with zero attached hydrogens (tertiary/aromatic N) is 1. The molecule has 25 heavy (non-hydrogen) atoms. The summed E-state index contributed by atoms with van der Waals surface area (Å²) in [5.74, 6) is -1.21. The normalized spacial score (nSPS) is 10.5. The van der Waals surface area contributed by atoms with E-state index in [-0.39, 0.29) is 16.9 Å². The molecule has 0 unspecified atom stereocenters. The third-order valence-electron chi connectivity index (χ3n) is 3.48. The average Bonchev–Trinajstić information content (AvgIpc) is 2.61. The Morgan fingerprint density at radius 1 is 1.08 bits per heavy atom. The van der Waals surface area contributed by atoms with Crippen LogP contribution in [0.4, 0.5) is 0 Å². The molecule has 130 valence electrons. The van der Waals surface area contributed by atoms with E-state index < -0.39 is 11.9 Å². The number of aromatic carboxylic acids is 1. The van der Waals surface area contributed by atoms with Gasteiger partial charge in [0.2, 0.25) is 0 Å². The number of hydrogen-bond acceptors (Lipinski definition) is 5. The molecule has 0 aliphatic rings. The van der Waals surface area contributed by atoms with Gasteiger partial charge in [0.1, 0.15) is 5.56 Å². The Kier molecular flexibility index (Phi) is 5.73. The van der Waals surface area contributed by atoms with E-state index in [1.807, 2.05) is 19.1 Å². The lowest BCUT2D eigenvalue weighted by Crippen LogP contribution is -2.18. The van der Waals surface area contributed by atoms with Gasteiger partial charge >= 0.3 is 5.97 Å². The van der Waals surface area contributed by atoms with Gasteiger partial charge in [-0.2, -0.15) is 5.10 Å². The summed E-state index contributed by atoms with van der Waals surface area (Å²) >= 11 is 0. The number of amides is 1. The number of ether oxygens (including phenoxy) is 2. The molecule has 0 heterocycles. The van der Waals surface area contributed by atoms with Crippen LogP contribution in [0.1, 0.15) is 31.8 Å².